The van der Waals surface area contributed by atoms with Crippen LogP contribution >= 0.6 is 23.5 Å². The second-order valence-electron chi connectivity index (χ2n) is 4.25. The van der Waals surface area contributed by atoms with Crippen molar-refractivity contribution in [2.45, 2.75) is 17.4 Å². The van der Waals surface area contributed by atoms with Gasteiger partial charge in [-0.25, -0.2) is 8.42 Å². The summed E-state index contributed by atoms with van der Waals surface area (Å²) in [4.78, 5) is 1.02. The van der Waals surface area contributed by atoms with Crippen molar-refractivity contribution >= 4 is 39.2 Å². The van der Waals surface area contributed by atoms with E-state index in [0.29, 0.717) is 5.69 Å². The minimum Gasteiger partial charge on any atom is -0.327 e. The molecule has 108 valence electrons. The summed E-state index contributed by atoms with van der Waals surface area (Å²) in [5.74, 6) is 1.90. The maximum absolute atomic E-state index is 11.2. The predicted octanol–water partition coefficient (Wildman–Crippen LogP) is 2.23. The molecular weight excluding hydrogens is 300 g/mol. The van der Waals surface area contributed by atoms with Crippen LogP contribution in [0.5, 0.6) is 0 Å². The van der Waals surface area contributed by atoms with Gasteiger partial charge in [-0.2, -0.15) is 11.8 Å². The lowest BCUT2D eigenvalue weighted by Crippen LogP contribution is -2.23. The van der Waals surface area contributed by atoms with Crippen molar-refractivity contribution in [2.24, 2.45) is 5.73 Å². The first-order valence-electron chi connectivity index (χ1n) is 5.86. The standard InChI is InChI=1S/C12H20N2O2S3/c1-17-7-6-10(13)9-18-12-5-3-4-11(8-12)14-19(2,15)16/h3-5,8,10,14H,6-7,9,13H2,1-2H3/t10-/m0/s1. The molecule has 1 aromatic rings. The summed E-state index contributed by atoms with van der Waals surface area (Å²) in [7, 11) is -3.22. The summed E-state index contributed by atoms with van der Waals surface area (Å²) in [5, 5.41) is 0. The average molecular weight is 321 g/mol. The number of nitrogens with two attached hydrogens (primary N) is 1. The van der Waals surface area contributed by atoms with Crippen molar-refractivity contribution < 1.29 is 8.42 Å². The Hall–Kier alpha value is -0.370. The van der Waals surface area contributed by atoms with Crippen LogP contribution in [-0.4, -0.2) is 38.5 Å². The normalized spacial score (nSPS) is 13.2. The minimum atomic E-state index is -3.22. The first-order chi connectivity index (χ1) is 8.90. The zero-order valence-corrected chi connectivity index (χ0v) is 13.6. The maximum Gasteiger partial charge on any atom is 0.229 e. The zero-order chi connectivity index (χ0) is 14.3. The number of benzene rings is 1. The number of nitrogens with one attached hydrogen (secondary N) is 1. The Bertz CT molecular complexity index is 492. The third kappa shape index (κ3) is 7.71. The van der Waals surface area contributed by atoms with Gasteiger partial charge < -0.3 is 5.73 Å². The molecule has 0 unspecified atom stereocenters. The van der Waals surface area contributed by atoms with E-state index >= 15 is 0 Å². The van der Waals surface area contributed by atoms with Gasteiger partial charge in [0.15, 0.2) is 0 Å². The molecule has 0 bridgehead atoms. The molecule has 0 spiro atoms. The largest absolute Gasteiger partial charge is 0.327 e. The summed E-state index contributed by atoms with van der Waals surface area (Å²) >= 11 is 3.44. The van der Waals surface area contributed by atoms with Gasteiger partial charge in [0.1, 0.15) is 0 Å². The molecule has 7 heteroatoms. The van der Waals surface area contributed by atoms with Crippen molar-refractivity contribution in [1.82, 2.24) is 0 Å². The molecule has 19 heavy (non-hydrogen) atoms. The fraction of sp³-hybridized carbons (Fsp3) is 0.500. The number of thioether (sulfide) groups is 2. The van der Waals surface area contributed by atoms with Crippen molar-refractivity contribution in [3.05, 3.63) is 24.3 Å². The zero-order valence-electron chi connectivity index (χ0n) is 11.1. The van der Waals surface area contributed by atoms with Crippen LogP contribution in [0.25, 0.3) is 0 Å². The SMILES string of the molecule is CSCC[C@H](N)CSc1cccc(NS(C)(=O)=O)c1. The molecular formula is C12H20N2O2S3. The smallest absolute Gasteiger partial charge is 0.229 e. The Morgan fingerprint density at radius 2 is 2.16 bits per heavy atom. The second-order valence-corrected chi connectivity index (χ2v) is 8.08. The molecule has 3 N–H and O–H groups in total. The highest BCUT2D eigenvalue weighted by atomic mass is 32.2. The van der Waals surface area contributed by atoms with Crippen LogP contribution in [0.2, 0.25) is 0 Å². The van der Waals surface area contributed by atoms with Crippen LogP contribution in [0.15, 0.2) is 29.2 Å². The molecule has 0 aliphatic carbocycles. The van der Waals surface area contributed by atoms with Crippen molar-refractivity contribution in [3.63, 3.8) is 0 Å². The molecule has 0 fully saturated rings. The molecule has 0 radical (unpaired) electrons. The summed E-state index contributed by atoms with van der Waals surface area (Å²) in [6, 6.07) is 7.53. The summed E-state index contributed by atoms with van der Waals surface area (Å²) in [6.07, 6.45) is 4.21. The van der Waals surface area contributed by atoms with E-state index in [9.17, 15) is 8.42 Å². The van der Waals surface area contributed by atoms with Crippen molar-refractivity contribution in [1.29, 1.82) is 0 Å². The molecule has 0 aliphatic rings. The molecule has 1 aromatic carbocycles. The van der Waals surface area contributed by atoms with E-state index in [1.807, 2.05) is 18.2 Å². The van der Waals surface area contributed by atoms with Crippen LogP contribution in [-0.2, 0) is 10.0 Å². The predicted molar refractivity (Wildman–Crippen MR) is 86.6 cm³/mol. The molecule has 0 amide bonds. The third-order valence-corrected chi connectivity index (χ3v) is 4.73. The number of hydrogen-bond donors (Lipinski definition) is 2. The fourth-order valence-corrected chi connectivity index (χ4v) is 3.47. The number of anilines is 1. The van der Waals surface area contributed by atoms with Crippen LogP contribution < -0.4 is 10.5 Å². The average Bonchev–Trinajstić information content (AvgIpc) is 2.32. The van der Waals surface area contributed by atoms with Crippen molar-refractivity contribution in [3.8, 4) is 0 Å². The topological polar surface area (TPSA) is 72.2 Å². The first-order valence-corrected chi connectivity index (χ1v) is 10.1. The van der Waals surface area contributed by atoms with E-state index in [4.69, 9.17) is 5.73 Å². The maximum atomic E-state index is 11.2. The van der Waals surface area contributed by atoms with Gasteiger partial charge in [-0.3, -0.25) is 4.72 Å². The molecule has 1 rings (SSSR count). The van der Waals surface area contributed by atoms with E-state index in [0.717, 1.165) is 29.1 Å². The number of hydrogen-bond acceptors (Lipinski definition) is 5. The van der Waals surface area contributed by atoms with E-state index in [1.54, 1.807) is 29.6 Å². The Kier molecular flexibility index (Phi) is 7.06. The lowest BCUT2D eigenvalue weighted by Gasteiger charge is -2.11. The molecule has 0 saturated heterocycles. The molecule has 0 aromatic heterocycles. The van der Waals surface area contributed by atoms with Gasteiger partial charge in [0.25, 0.3) is 0 Å². The molecule has 0 saturated carbocycles. The quantitative estimate of drug-likeness (QED) is 0.719. The Balaban J connectivity index is 2.53. The van der Waals surface area contributed by atoms with Gasteiger partial charge in [0, 0.05) is 22.4 Å². The van der Waals surface area contributed by atoms with Crippen LogP contribution in [0.1, 0.15) is 6.42 Å². The van der Waals surface area contributed by atoms with Crippen molar-refractivity contribution in [2.75, 3.05) is 28.7 Å². The highest BCUT2D eigenvalue weighted by molar-refractivity contribution is 7.99. The summed E-state index contributed by atoms with van der Waals surface area (Å²) < 4.78 is 24.8. The van der Waals surface area contributed by atoms with E-state index < -0.39 is 10.0 Å². The summed E-state index contributed by atoms with van der Waals surface area (Å²) in [5.41, 5.74) is 6.59. The van der Waals surface area contributed by atoms with Gasteiger partial charge in [-0.1, -0.05) is 6.07 Å². The van der Waals surface area contributed by atoms with Gasteiger partial charge in [-0.05, 0) is 36.6 Å². The Labute approximate surface area is 124 Å². The van der Waals surface area contributed by atoms with E-state index in [-0.39, 0.29) is 6.04 Å². The Morgan fingerprint density at radius 3 is 2.79 bits per heavy atom. The fourth-order valence-electron chi connectivity index (χ4n) is 1.42. The van der Waals surface area contributed by atoms with Gasteiger partial charge in [0.05, 0.1) is 6.26 Å². The van der Waals surface area contributed by atoms with Crippen LogP contribution in [0, 0.1) is 0 Å². The summed E-state index contributed by atoms with van der Waals surface area (Å²) in [6.45, 7) is 0. The first kappa shape index (κ1) is 16.7. The highest BCUT2D eigenvalue weighted by Crippen LogP contribution is 2.23. The molecule has 1 atom stereocenters. The number of sulfonamides is 1. The third-order valence-electron chi connectivity index (χ3n) is 2.29. The highest BCUT2D eigenvalue weighted by Gasteiger charge is 2.05. The van der Waals surface area contributed by atoms with E-state index in [1.165, 1.54) is 0 Å². The van der Waals surface area contributed by atoms with Crippen LogP contribution in [0.3, 0.4) is 0 Å². The lowest BCUT2D eigenvalue weighted by molar-refractivity contribution is 0.607. The van der Waals surface area contributed by atoms with E-state index in [2.05, 4.69) is 11.0 Å². The number of rotatable bonds is 8. The second kappa shape index (κ2) is 8.04. The van der Waals surface area contributed by atoms with Gasteiger partial charge in [-0.15, -0.1) is 11.8 Å². The van der Waals surface area contributed by atoms with Crippen LogP contribution in [0.4, 0.5) is 5.69 Å². The van der Waals surface area contributed by atoms with Gasteiger partial charge >= 0.3 is 0 Å². The molecule has 0 aliphatic heterocycles. The molecule has 0 heterocycles. The lowest BCUT2D eigenvalue weighted by atomic mass is 10.3. The molecule has 4 nitrogen and oxygen atoms in total. The monoisotopic (exact) mass is 320 g/mol. The minimum absolute atomic E-state index is 0.170. The Morgan fingerprint density at radius 1 is 1.42 bits per heavy atom. The van der Waals surface area contributed by atoms with Gasteiger partial charge in [0.2, 0.25) is 10.0 Å².